The van der Waals surface area contributed by atoms with Gasteiger partial charge >= 0.3 is 5.97 Å². The van der Waals surface area contributed by atoms with Crippen molar-refractivity contribution in [2.24, 2.45) is 0 Å². The number of aryl methyl sites for hydroxylation is 2. The molecule has 0 saturated carbocycles. The van der Waals surface area contributed by atoms with Crippen LogP contribution in [0.5, 0.6) is 0 Å². The highest BCUT2D eigenvalue weighted by Gasteiger charge is 2.34. The third-order valence-corrected chi connectivity index (χ3v) is 9.53. The first-order valence-electron chi connectivity index (χ1n) is 15.2. The number of esters is 1. The van der Waals surface area contributed by atoms with Crippen LogP contribution in [0.15, 0.2) is 48.5 Å². The number of halogens is 1. The van der Waals surface area contributed by atoms with Crippen LogP contribution in [0, 0.1) is 13.8 Å². The van der Waals surface area contributed by atoms with Crippen molar-refractivity contribution in [2.45, 2.75) is 65.7 Å². The number of aromatic nitrogens is 3. The van der Waals surface area contributed by atoms with E-state index >= 15 is 0 Å². The molecule has 1 fully saturated rings. The van der Waals surface area contributed by atoms with E-state index in [1.807, 2.05) is 58.9 Å². The number of thiazole rings is 1. The second kappa shape index (κ2) is 11.9. The van der Waals surface area contributed by atoms with Crippen molar-refractivity contribution in [3.05, 3.63) is 70.5 Å². The summed E-state index contributed by atoms with van der Waals surface area (Å²) in [6, 6.07) is 16.6. The molecule has 9 heteroatoms. The third-order valence-electron chi connectivity index (χ3n) is 8.14. The van der Waals surface area contributed by atoms with Gasteiger partial charge in [-0.3, -0.25) is 0 Å². The van der Waals surface area contributed by atoms with Gasteiger partial charge in [0.05, 0.1) is 33.5 Å². The van der Waals surface area contributed by atoms with Gasteiger partial charge in [-0.25, -0.2) is 14.8 Å². The van der Waals surface area contributed by atoms with Crippen molar-refractivity contribution in [3.63, 3.8) is 0 Å². The molecule has 3 aromatic carbocycles. The number of benzene rings is 3. The van der Waals surface area contributed by atoms with Crippen molar-refractivity contribution < 1.29 is 14.3 Å². The third kappa shape index (κ3) is 5.88. The molecule has 0 amide bonds. The number of likely N-dealkylation sites (tertiary alicyclic amines) is 1. The lowest BCUT2D eigenvalue weighted by molar-refractivity contribution is -0.166. The summed E-state index contributed by atoms with van der Waals surface area (Å²) >= 11 is 7.94. The number of hydrogen-bond donors (Lipinski definition) is 0. The Morgan fingerprint density at radius 2 is 1.80 bits per heavy atom. The lowest BCUT2D eigenvalue weighted by Gasteiger charge is -2.29. The highest BCUT2D eigenvalue weighted by molar-refractivity contribution is 7.22. The van der Waals surface area contributed by atoms with Crippen LogP contribution in [-0.4, -0.2) is 57.7 Å². The Bertz CT molecular complexity index is 1850. The van der Waals surface area contributed by atoms with Crippen LogP contribution in [0.4, 0.5) is 0 Å². The van der Waals surface area contributed by atoms with Crippen molar-refractivity contribution in [1.29, 1.82) is 0 Å². The molecular weight excluding hydrogens is 592 g/mol. The van der Waals surface area contributed by atoms with Gasteiger partial charge in [-0.05, 0) is 109 Å². The normalized spacial score (nSPS) is 16.7. The average Bonchev–Trinajstić information content (AvgIpc) is 3.66. The second-order valence-corrected chi connectivity index (χ2v) is 14.1. The van der Waals surface area contributed by atoms with E-state index in [9.17, 15) is 4.79 Å². The SMILES string of the molecule is CCOC(=O)C(OC(C)(C)C)c1c(C)cc2nc(-c3ccc4nc(C)n(C5CCN(C)C5)c4c3)sc2c1-c1ccc(Cl)cc1. The van der Waals surface area contributed by atoms with E-state index in [-0.39, 0.29) is 6.61 Å². The van der Waals surface area contributed by atoms with Gasteiger partial charge in [0.2, 0.25) is 0 Å². The zero-order valence-corrected chi connectivity index (χ0v) is 28.0. The van der Waals surface area contributed by atoms with Crippen molar-refractivity contribution >= 4 is 50.2 Å². The molecule has 0 spiro atoms. The van der Waals surface area contributed by atoms with Crippen LogP contribution in [0.25, 0.3) is 42.9 Å². The van der Waals surface area contributed by atoms with Gasteiger partial charge in [0.1, 0.15) is 10.8 Å². The van der Waals surface area contributed by atoms with E-state index in [0.717, 1.165) is 79.4 Å². The van der Waals surface area contributed by atoms with E-state index < -0.39 is 17.7 Å². The minimum Gasteiger partial charge on any atom is -0.464 e. The van der Waals surface area contributed by atoms with E-state index in [0.29, 0.717) is 11.1 Å². The quantitative estimate of drug-likeness (QED) is 0.168. The minimum atomic E-state index is -0.909. The van der Waals surface area contributed by atoms with Crippen molar-refractivity contribution in [2.75, 3.05) is 26.7 Å². The standard InChI is InChI=1S/C35H39ClN4O3S/c1-8-42-34(41)31(43-35(4,5)6)29-20(2)17-27-32(30(29)22-9-12-24(36)13-10-22)44-33(38-27)23-11-14-26-28(18-23)40(21(3)37-26)25-15-16-39(7)19-25/h9-14,17-18,25,31H,8,15-16,19H2,1-7H3. The number of carbonyl (C=O) groups is 1. The lowest BCUT2D eigenvalue weighted by Crippen LogP contribution is -2.29. The van der Waals surface area contributed by atoms with Gasteiger partial charge in [-0.2, -0.15) is 0 Å². The fraction of sp³-hybridized carbons (Fsp3) is 0.400. The van der Waals surface area contributed by atoms with E-state index in [2.05, 4.69) is 47.7 Å². The summed E-state index contributed by atoms with van der Waals surface area (Å²) in [6.07, 6.45) is 0.202. The molecule has 1 aliphatic rings. The van der Waals surface area contributed by atoms with Gasteiger partial charge in [-0.1, -0.05) is 23.7 Å². The number of rotatable bonds is 7. The maximum absolute atomic E-state index is 13.5. The minimum absolute atomic E-state index is 0.265. The average molecular weight is 631 g/mol. The van der Waals surface area contributed by atoms with Gasteiger partial charge in [0.15, 0.2) is 6.10 Å². The van der Waals surface area contributed by atoms with E-state index in [4.69, 9.17) is 31.0 Å². The molecule has 230 valence electrons. The van der Waals surface area contributed by atoms with Crippen molar-refractivity contribution in [1.82, 2.24) is 19.4 Å². The zero-order chi connectivity index (χ0) is 31.3. The van der Waals surface area contributed by atoms with Crippen LogP contribution in [-0.2, 0) is 14.3 Å². The van der Waals surface area contributed by atoms with Crippen LogP contribution in [0.2, 0.25) is 5.02 Å². The predicted octanol–water partition coefficient (Wildman–Crippen LogP) is 8.55. The highest BCUT2D eigenvalue weighted by Crippen LogP contribution is 2.45. The zero-order valence-electron chi connectivity index (χ0n) is 26.4. The molecule has 5 aromatic rings. The Kier molecular flexibility index (Phi) is 8.30. The molecule has 0 bridgehead atoms. The molecule has 3 heterocycles. The maximum atomic E-state index is 13.5. The number of carbonyl (C=O) groups excluding carboxylic acids is 1. The molecule has 1 saturated heterocycles. The number of nitrogens with zero attached hydrogens (tertiary/aromatic N) is 4. The summed E-state index contributed by atoms with van der Waals surface area (Å²) in [5.74, 6) is 0.632. The lowest BCUT2D eigenvalue weighted by atomic mass is 9.91. The first-order chi connectivity index (χ1) is 20.9. The smallest absolute Gasteiger partial charge is 0.339 e. The van der Waals surface area contributed by atoms with Crippen LogP contribution in [0.3, 0.4) is 0 Å². The van der Waals surface area contributed by atoms with Gasteiger partial charge in [0.25, 0.3) is 0 Å². The van der Waals surface area contributed by atoms with Gasteiger partial charge in [0, 0.05) is 34.3 Å². The number of imidazole rings is 1. The molecule has 2 unspecified atom stereocenters. The monoisotopic (exact) mass is 630 g/mol. The summed E-state index contributed by atoms with van der Waals surface area (Å²) in [6.45, 7) is 14.1. The fourth-order valence-electron chi connectivity index (χ4n) is 6.30. The van der Waals surface area contributed by atoms with Crippen LogP contribution < -0.4 is 0 Å². The topological polar surface area (TPSA) is 69.5 Å². The predicted molar refractivity (Wildman–Crippen MR) is 180 cm³/mol. The Hall–Kier alpha value is -3.30. The first-order valence-corrected chi connectivity index (χ1v) is 16.3. The molecule has 44 heavy (non-hydrogen) atoms. The summed E-state index contributed by atoms with van der Waals surface area (Å²) in [4.78, 5) is 25.9. The summed E-state index contributed by atoms with van der Waals surface area (Å²) < 4.78 is 15.4. The van der Waals surface area contributed by atoms with E-state index in [1.165, 1.54) is 0 Å². The molecular formula is C35H39ClN4O3S. The Morgan fingerprint density at radius 3 is 2.45 bits per heavy atom. The molecule has 0 N–H and O–H groups in total. The number of fused-ring (bicyclic) bond motifs is 2. The molecule has 1 aliphatic heterocycles. The fourth-order valence-corrected chi connectivity index (χ4v) is 7.55. The molecule has 6 rings (SSSR count). The number of ether oxygens (including phenoxy) is 2. The summed E-state index contributed by atoms with van der Waals surface area (Å²) in [7, 11) is 2.18. The van der Waals surface area contributed by atoms with Gasteiger partial charge < -0.3 is 18.9 Å². The van der Waals surface area contributed by atoms with Crippen LogP contribution >= 0.6 is 22.9 Å². The largest absolute Gasteiger partial charge is 0.464 e. The maximum Gasteiger partial charge on any atom is 0.339 e. The Labute approximate surface area is 267 Å². The highest BCUT2D eigenvalue weighted by atomic mass is 35.5. The Balaban J connectivity index is 1.55. The molecule has 0 aliphatic carbocycles. The summed E-state index contributed by atoms with van der Waals surface area (Å²) in [5, 5.41) is 1.55. The molecule has 2 aromatic heterocycles. The molecule has 0 radical (unpaired) electrons. The number of likely N-dealkylation sites (N-methyl/N-ethyl adjacent to an activating group) is 1. The summed E-state index contributed by atoms with van der Waals surface area (Å²) in [5.41, 5.74) is 7.02. The first kappa shape index (κ1) is 30.7. The van der Waals surface area contributed by atoms with Crippen LogP contribution in [0.1, 0.15) is 63.2 Å². The second-order valence-electron chi connectivity index (χ2n) is 12.7. The van der Waals surface area contributed by atoms with E-state index in [1.54, 1.807) is 11.3 Å². The Morgan fingerprint density at radius 1 is 1.07 bits per heavy atom. The number of hydrogen-bond acceptors (Lipinski definition) is 7. The molecule has 2 atom stereocenters. The van der Waals surface area contributed by atoms with Crippen molar-refractivity contribution in [3.8, 4) is 21.7 Å². The van der Waals surface area contributed by atoms with Gasteiger partial charge in [-0.15, -0.1) is 11.3 Å². The molecule has 7 nitrogen and oxygen atoms in total.